The lowest BCUT2D eigenvalue weighted by Crippen LogP contribution is -2.38. The average molecular weight is 229 g/mol. The van der Waals surface area contributed by atoms with Gasteiger partial charge in [0.2, 0.25) is 0 Å². The van der Waals surface area contributed by atoms with Crippen LogP contribution in [0.1, 0.15) is 13.8 Å². The van der Waals surface area contributed by atoms with Gasteiger partial charge in [-0.1, -0.05) is 11.6 Å². The summed E-state index contributed by atoms with van der Waals surface area (Å²) >= 11 is 5.79. The second-order valence-corrected chi connectivity index (χ2v) is 3.87. The number of anilines is 1. The van der Waals surface area contributed by atoms with Crippen molar-refractivity contribution in [2.75, 3.05) is 12.4 Å². The highest BCUT2D eigenvalue weighted by molar-refractivity contribution is 6.32. The third-order valence-electron chi connectivity index (χ3n) is 2.06. The number of methoxy groups -OCH3 is 1. The minimum absolute atomic E-state index is 0.262. The molecule has 1 rings (SSSR count). The van der Waals surface area contributed by atoms with Crippen LogP contribution in [0.3, 0.4) is 0 Å². The number of nitrogens with one attached hydrogen (secondary N) is 1. The number of aromatic nitrogens is 1. The Labute approximate surface area is 93.6 Å². The molecule has 1 N–H and O–H groups in total. The number of carbonyl (C=O) groups excluding carboxylic acids is 1. The van der Waals surface area contributed by atoms with Crippen molar-refractivity contribution >= 4 is 23.2 Å². The molecular weight excluding hydrogens is 216 g/mol. The standard InChI is InChI=1S/C10H13ClN2O2/c1-10(2,15-3)9(14)13-7-5-4-6-12-8(7)11/h4-6H,1-3H3,(H,13,14). The van der Waals surface area contributed by atoms with Crippen LogP contribution >= 0.6 is 11.6 Å². The number of hydrogen-bond acceptors (Lipinski definition) is 3. The van der Waals surface area contributed by atoms with Crippen molar-refractivity contribution in [2.24, 2.45) is 0 Å². The van der Waals surface area contributed by atoms with Gasteiger partial charge in [-0.3, -0.25) is 4.79 Å². The summed E-state index contributed by atoms with van der Waals surface area (Å²) in [5.74, 6) is -0.264. The minimum atomic E-state index is -0.890. The van der Waals surface area contributed by atoms with Gasteiger partial charge in [-0.2, -0.15) is 0 Å². The topological polar surface area (TPSA) is 51.2 Å². The molecule has 1 aromatic heterocycles. The Balaban J connectivity index is 2.80. The maximum atomic E-state index is 11.7. The zero-order valence-electron chi connectivity index (χ0n) is 8.87. The van der Waals surface area contributed by atoms with Gasteiger partial charge in [-0.25, -0.2) is 4.98 Å². The van der Waals surface area contributed by atoms with E-state index in [1.165, 1.54) is 7.11 Å². The van der Waals surface area contributed by atoms with Crippen LogP contribution in [-0.2, 0) is 9.53 Å². The Morgan fingerprint density at radius 2 is 2.27 bits per heavy atom. The molecule has 0 aromatic carbocycles. The Bertz CT molecular complexity index is 366. The molecule has 82 valence electrons. The summed E-state index contributed by atoms with van der Waals surface area (Å²) in [6.07, 6.45) is 1.56. The van der Waals surface area contributed by atoms with Gasteiger partial charge in [-0.05, 0) is 26.0 Å². The van der Waals surface area contributed by atoms with Crippen molar-refractivity contribution in [1.29, 1.82) is 0 Å². The summed E-state index contributed by atoms with van der Waals surface area (Å²) in [5, 5.41) is 2.90. The number of carbonyl (C=O) groups is 1. The summed E-state index contributed by atoms with van der Waals surface area (Å²) in [7, 11) is 1.48. The zero-order chi connectivity index (χ0) is 11.5. The highest BCUT2D eigenvalue weighted by Gasteiger charge is 2.27. The quantitative estimate of drug-likeness (QED) is 0.807. The molecule has 0 atom stereocenters. The van der Waals surface area contributed by atoms with Gasteiger partial charge in [-0.15, -0.1) is 0 Å². The van der Waals surface area contributed by atoms with E-state index in [0.29, 0.717) is 5.69 Å². The Morgan fingerprint density at radius 1 is 1.60 bits per heavy atom. The highest BCUT2D eigenvalue weighted by atomic mass is 35.5. The fourth-order valence-electron chi connectivity index (χ4n) is 0.845. The first-order chi connectivity index (χ1) is 6.97. The molecule has 1 amide bonds. The van der Waals surface area contributed by atoms with Crippen molar-refractivity contribution < 1.29 is 9.53 Å². The summed E-state index contributed by atoms with van der Waals surface area (Å²) < 4.78 is 5.04. The lowest BCUT2D eigenvalue weighted by atomic mass is 10.1. The van der Waals surface area contributed by atoms with Crippen LogP contribution in [0.25, 0.3) is 0 Å². The minimum Gasteiger partial charge on any atom is -0.369 e. The molecule has 4 nitrogen and oxygen atoms in total. The first-order valence-electron chi connectivity index (χ1n) is 4.44. The third kappa shape index (κ3) is 2.91. The van der Waals surface area contributed by atoms with E-state index in [0.717, 1.165) is 0 Å². The van der Waals surface area contributed by atoms with E-state index in [1.54, 1.807) is 32.2 Å². The van der Waals surface area contributed by atoms with E-state index in [2.05, 4.69) is 10.3 Å². The summed E-state index contributed by atoms with van der Waals surface area (Å²) in [6.45, 7) is 3.35. The SMILES string of the molecule is COC(C)(C)C(=O)Nc1cccnc1Cl. The summed E-state index contributed by atoms with van der Waals surface area (Å²) in [4.78, 5) is 15.5. The van der Waals surface area contributed by atoms with E-state index in [9.17, 15) is 4.79 Å². The highest BCUT2D eigenvalue weighted by Crippen LogP contribution is 2.19. The molecule has 1 aromatic rings. The molecule has 5 heteroatoms. The molecule has 0 unspecified atom stereocenters. The normalized spacial score (nSPS) is 11.2. The van der Waals surface area contributed by atoms with Gasteiger partial charge >= 0.3 is 0 Å². The van der Waals surface area contributed by atoms with Gasteiger partial charge in [0.1, 0.15) is 5.60 Å². The molecule has 0 aliphatic heterocycles. The molecule has 0 radical (unpaired) electrons. The van der Waals surface area contributed by atoms with Crippen LogP contribution in [0.5, 0.6) is 0 Å². The number of amides is 1. The van der Waals surface area contributed by atoms with Gasteiger partial charge in [0, 0.05) is 13.3 Å². The number of rotatable bonds is 3. The van der Waals surface area contributed by atoms with E-state index in [-0.39, 0.29) is 11.1 Å². The van der Waals surface area contributed by atoms with E-state index in [1.807, 2.05) is 0 Å². The van der Waals surface area contributed by atoms with E-state index < -0.39 is 5.60 Å². The Kier molecular flexibility index (Phi) is 3.66. The number of pyridine rings is 1. The fraction of sp³-hybridized carbons (Fsp3) is 0.400. The molecule has 0 fully saturated rings. The molecule has 0 aliphatic rings. The number of halogens is 1. The average Bonchev–Trinajstić information content (AvgIpc) is 2.21. The van der Waals surface area contributed by atoms with Gasteiger partial charge in [0.25, 0.3) is 5.91 Å². The van der Waals surface area contributed by atoms with Crippen LogP contribution in [0.2, 0.25) is 5.15 Å². The second kappa shape index (κ2) is 4.59. The monoisotopic (exact) mass is 228 g/mol. The molecule has 0 aliphatic carbocycles. The van der Waals surface area contributed by atoms with Crippen LogP contribution < -0.4 is 5.32 Å². The predicted octanol–water partition coefficient (Wildman–Crippen LogP) is 2.10. The van der Waals surface area contributed by atoms with E-state index in [4.69, 9.17) is 16.3 Å². The fourth-order valence-corrected chi connectivity index (χ4v) is 1.01. The second-order valence-electron chi connectivity index (χ2n) is 3.51. The van der Waals surface area contributed by atoms with Gasteiger partial charge in [0.05, 0.1) is 5.69 Å². The lowest BCUT2D eigenvalue weighted by molar-refractivity contribution is -0.133. The smallest absolute Gasteiger partial charge is 0.256 e. The van der Waals surface area contributed by atoms with Crippen LogP contribution in [0.15, 0.2) is 18.3 Å². The van der Waals surface area contributed by atoms with Crippen molar-refractivity contribution in [3.05, 3.63) is 23.5 Å². The molecule has 1 heterocycles. The third-order valence-corrected chi connectivity index (χ3v) is 2.37. The van der Waals surface area contributed by atoms with Crippen molar-refractivity contribution in [3.63, 3.8) is 0 Å². The largest absolute Gasteiger partial charge is 0.369 e. The maximum absolute atomic E-state index is 11.7. The first-order valence-corrected chi connectivity index (χ1v) is 4.82. The zero-order valence-corrected chi connectivity index (χ0v) is 9.63. The maximum Gasteiger partial charge on any atom is 0.256 e. The Morgan fingerprint density at radius 3 is 2.80 bits per heavy atom. The Hall–Kier alpha value is -1.13. The molecule has 0 saturated heterocycles. The van der Waals surface area contributed by atoms with Crippen molar-refractivity contribution in [3.8, 4) is 0 Å². The summed E-state index contributed by atoms with van der Waals surface area (Å²) in [5.41, 5.74) is -0.409. The molecule has 15 heavy (non-hydrogen) atoms. The van der Waals surface area contributed by atoms with E-state index >= 15 is 0 Å². The van der Waals surface area contributed by atoms with Gasteiger partial charge < -0.3 is 10.1 Å². The van der Waals surface area contributed by atoms with Crippen molar-refractivity contribution in [1.82, 2.24) is 4.98 Å². The molecule has 0 spiro atoms. The van der Waals surface area contributed by atoms with Crippen molar-refractivity contribution in [2.45, 2.75) is 19.4 Å². The van der Waals surface area contributed by atoms with Crippen LogP contribution in [0.4, 0.5) is 5.69 Å². The first kappa shape index (κ1) is 11.9. The number of hydrogen-bond donors (Lipinski definition) is 1. The summed E-state index contributed by atoms with van der Waals surface area (Å²) in [6, 6.07) is 3.38. The predicted molar refractivity (Wildman–Crippen MR) is 59.0 cm³/mol. The molecule has 0 saturated carbocycles. The number of nitrogens with zero attached hydrogens (tertiary/aromatic N) is 1. The van der Waals surface area contributed by atoms with Crippen LogP contribution in [0, 0.1) is 0 Å². The lowest BCUT2D eigenvalue weighted by Gasteiger charge is -2.21. The molecular formula is C10H13ClN2O2. The van der Waals surface area contributed by atoms with Gasteiger partial charge in [0.15, 0.2) is 5.15 Å². The number of ether oxygens (including phenoxy) is 1. The van der Waals surface area contributed by atoms with Crippen LogP contribution in [-0.4, -0.2) is 23.6 Å². The molecule has 0 bridgehead atoms.